The predicted molar refractivity (Wildman–Crippen MR) is 125 cm³/mol. The summed E-state index contributed by atoms with van der Waals surface area (Å²) in [5.41, 5.74) is 2.83. The van der Waals surface area contributed by atoms with Crippen molar-refractivity contribution in [2.75, 3.05) is 43.4 Å². The highest BCUT2D eigenvalue weighted by molar-refractivity contribution is 5.93. The summed E-state index contributed by atoms with van der Waals surface area (Å²) in [6, 6.07) is 15.5. The van der Waals surface area contributed by atoms with Crippen LogP contribution in [0.5, 0.6) is 5.75 Å². The number of phenols is 1. The van der Waals surface area contributed by atoms with E-state index >= 15 is 0 Å². The van der Waals surface area contributed by atoms with E-state index < -0.39 is 0 Å². The van der Waals surface area contributed by atoms with Gasteiger partial charge in [0, 0.05) is 51.4 Å². The van der Waals surface area contributed by atoms with Crippen molar-refractivity contribution in [1.82, 2.24) is 10.2 Å². The maximum atomic E-state index is 12.2. The van der Waals surface area contributed by atoms with Gasteiger partial charge in [0.15, 0.2) is 5.96 Å². The van der Waals surface area contributed by atoms with Gasteiger partial charge in [0.25, 0.3) is 0 Å². The molecule has 0 atom stereocenters. The monoisotopic (exact) mass is 421 g/mol. The van der Waals surface area contributed by atoms with E-state index in [9.17, 15) is 9.90 Å². The van der Waals surface area contributed by atoms with Crippen molar-refractivity contribution in [3.63, 3.8) is 0 Å². The maximum absolute atomic E-state index is 12.2. The molecule has 1 amide bonds. The minimum Gasteiger partial charge on any atom is -0.506 e. The summed E-state index contributed by atoms with van der Waals surface area (Å²) >= 11 is 0. The van der Waals surface area contributed by atoms with Crippen molar-refractivity contribution in [1.29, 1.82) is 0 Å². The normalized spacial score (nSPS) is 17.3. The van der Waals surface area contributed by atoms with E-state index in [0.717, 1.165) is 68.3 Å². The Hall–Kier alpha value is -3.22. The van der Waals surface area contributed by atoms with Crippen LogP contribution in [0.4, 0.5) is 11.4 Å². The first-order valence-corrected chi connectivity index (χ1v) is 11.0. The Morgan fingerprint density at radius 3 is 2.55 bits per heavy atom. The zero-order valence-corrected chi connectivity index (χ0v) is 18.1. The third kappa shape index (κ3) is 5.10. The lowest BCUT2D eigenvalue weighted by Crippen LogP contribution is -2.52. The number of amides is 1. The summed E-state index contributed by atoms with van der Waals surface area (Å²) in [5, 5.41) is 16.6. The fraction of sp³-hybridized carbons (Fsp3) is 0.417. The standard InChI is InChI=1S/C24H31N5O2/c1-25-24(29-14-12-28(13-15-29)21-10-2-3-11-22(21)30)26-17-18-6-4-9-20(16-18)27-23(31)19-7-5-8-19/h2-4,6,9-11,16,19,30H,5,7-8,12-15,17H2,1H3,(H,25,26)(H,27,31). The van der Waals surface area contributed by atoms with Crippen LogP contribution in [0.2, 0.25) is 0 Å². The van der Waals surface area contributed by atoms with Crippen LogP contribution in [0.15, 0.2) is 53.5 Å². The number of para-hydroxylation sites is 2. The number of benzene rings is 2. The summed E-state index contributed by atoms with van der Waals surface area (Å²) in [5.74, 6) is 1.50. The number of phenolic OH excluding ortho intramolecular Hbond substituents is 1. The highest BCUT2D eigenvalue weighted by Gasteiger charge is 2.25. The molecule has 0 spiro atoms. The molecule has 2 fully saturated rings. The van der Waals surface area contributed by atoms with Gasteiger partial charge >= 0.3 is 0 Å². The van der Waals surface area contributed by atoms with Crippen molar-refractivity contribution in [3.05, 3.63) is 54.1 Å². The second-order valence-electron chi connectivity index (χ2n) is 8.18. The Morgan fingerprint density at radius 2 is 1.87 bits per heavy atom. The third-order valence-electron chi connectivity index (χ3n) is 6.13. The molecule has 7 nitrogen and oxygen atoms in total. The highest BCUT2D eigenvalue weighted by atomic mass is 16.3. The molecule has 1 saturated heterocycles. The van der Waals surface area contributed by atoms with Crippen LogP contribution in [0.3, 0.4) is 0 Å². The summed E-state index contributed by atoms with van der Waals surface area (Å²) in [6.45, 7) is 3.93. The Kier molecular flexibility index (Phi) is 6.60. The van der Waals surface area contributed by atoms with Crippen LogP contribution in [0.1, 0.15) is 24.8 Å². The summed E-state index contributed by atoms with van der Waals surface area (Å²) < 4.78 is 0. The van der Waals surface area contributed by atoms with Gasteiger partial charge in [0.05, 0.1) is 5.69 Å². The lowest BCUT2D eigenvalue weighted by atomic mass is 9.85. The minimum absolute atomic E-state index is 0.134. The van der Waals surface area contributed by atoms with E-state index in [1.807, 2.05) is 36.4 Å². The first kappa shape index (κ1) is 21.0. The fourth-order valence-electron chi connectivity index (χ4n) is 4.08. The van der Waals surface area contributed by atoms with Gasteiger partial charge < -0.3 is 25.5 Å². The quantitative estimate of drug-likeness (QED) is 0.511. The lowest BCUT2D eigenvalue weighted by molar-refractivity contribution is -0.122. The average Bonchev–Trinajstić information content (AvgIpc) is 2.74. The molecule has 2 aliphatic rings. The van der Waals surface area contributed by atoms with E-state index in [1.54, 1.807) is 13.1 Å². The van der Waals surface area contributed by atoms with Gasteiger partial charge in [0.1, 0.15) is 5.75 Å². The maximum Gasteiger partial charge on any atom is 0.227 e. The Labute approximate surface area is 183 Å². The number of piperazine rings is 1. The number of aliphatic imine (C=N–C) groups is 1. The number of anilines is 2. The molecule has 1 aliphatic heterocycles. The topological polar surface area (TPSA) is 80.2 Å². The number of rotatable bonds is 5. The summed E-state index contributed by atoms with van der Waals surface area (Å²) in [6.07, 6.45) is 3.16. The molecule has 2 aromatic rings. The third-order valence-corrected chi connectivity index (χ3v) is 6.13. The fourth-order valence-corrected chi connectivity index (χ4v) is 4.08. The molecule has 0 unspecified atom stereocenters. The molecule has 1 heterocycles. The van der Waals surface area contributed by atoms with Gasteiger partial charge in [-0.25, -0.2) is 0 Å². The molecule has 0 radical (unpaired) electrons. The zero-order valence-electron chi connectivity index (χ0n) is 18.1. The van der Waals surface area contributed by atoms with Gasteiger partial charge in [-0.2, -0.15) is 0 Å². The number of hydrogen-bond acceptors (Lipinski definition) is 4. The molecule has 31 heavy (non-hydrogen) atoms. The summed E-state index contributed by atoms with van der Waals surface area (Å²) in [7, 11) is 1.80. The molecular weight excluding hydrogens is 390 g/mol. The van der Waals surface area contributed by atoms with E-state index in [0.29, 0.717) is 12.3 Å². The molecule has 1 aliphatic carbocycles. The Morgan fingerprint density at radius 1 is 1.10 bits per heavy atom. The van der Waals surface area contributed by atoms with E-state index in [1.165, 1.54) is 0 Å². The first-order chi connectivity index (χ1) is 15.1. The molecule has 2 aromatic carbocycles. The van der Waals surface area contributed by atoms with Crippen LogP contribution in [0.25, 0.3) is 0 Å². The molecule has 1 saturated carbocycles. The number of nitrogens with zero attached hydrogens (tertiary/aromatic N) is 3. The number of aromatic hydroxyl groups is 1. The van der Waals surface area contributed by atoms with Gasteiger partial charge in [0.2, 0.25) is 5.91 Å². The molecule has 0 bridgehead atoms. The van der Waals surface area contributed by atoms with E-state index in [2.05, 4.69) is 31.5 Å². The second kappa shape index (κ2) is 9.73. The molecule has 7 heteroatoms. The van der Waals surface area contributed by atoms with Crippen LogP contribution in [-0.4, -0.2) is 55.1 Å². The number of carbonyl (C=O) groups is 1. The van der Waals surface area contributed by atoms with Crippen LogP contribution in [0, 0.1) is 5.92 Å². The molecule has 4 rings (SSSR count). The molecule has 164 valence electrons. The van der Waals surface area contributed by atoms with Crippen LogP contribution < -0.4 is 15.5 Å². The highest BCUT2D eigenvalue weighted by Crippen LogP contribution is 2.28. The average molecular weight is 422 g/mol. The molecular formula is C24H31N5O2. The minimum atomic E-state index is 0.134. The van der Waals surface area contributed by atoms with E-state index in [4.69, 9.17) is 0 Å². The number of carbonyl (C=O) groups excluding carboxylic acids is 1. The number of hydrogen-bond donors (Lipinski definition) is 3. The van der Waals surface area contributed by atoms with E-state index in [-0.39, 0.29) is 11.8 Å². The van der Waals surface area contributed by atoms with Crippen molar-refractivity contribution < 1.29 is 9.90 Å². The number of nitrogens with one attached hydrogen (secondary N) is 2. The lowest BCUT2D eigenvalue weighted by Gasteiger charge is -2.37. The largest absolute Gasteiger partial charge is 0.506 e. The number of guanidine groups is 1. The van der Waals surface area contributed by atoms with Gasteiger partial charge in [-0.15, -0.1) is 0 Å². The summed E-state index contributed by atoms with van der Waals surface area (Å²) in [4.78, 5) is 21.1. The second-order valence-corrected chi connectivity index (χ2v) is 8.18. The zero-order chi connectivity index (χ0) is 21.6. The first-order valence-electron chi connectivity index (χ1n) is 11.0. The van der Waals surface area contributed by atoms with Crippen molar-refractivity contribution >= 4 is 23.2 Å². The van der Waals surface area contributed by atoms with Crippen LogP contribution >= 0.6 is 0 Å². The predicted octanol–water partition coefficient (Wildman–Crippen LogP) is 3.03. The van der Waals surface area contributed by atoms with Crippen molar-refractivity contribution in [2.24, 2.45) is 10.9 Å². The van der Waals surface area contributed by atoms with Crippen molar-refractivity contribution in [2.45, 2.75) is 25.8 Å². The Balaban J connectivity index is 1.29. The van der Waals surface area contributed by atoms with Gasteiger partial charge in [-0.3, -0.25) is 9.79 Å². The smallest absolute Gasteiger partial charge is 0.227 e. The van der Waals surface area contributed by atoms with Gasteiger partial charge in [-0.05, 0) is 42.7 Å². The molecule has 0 aromatic heterocycles. The van der Waals surface area contributed by atoms with Crippen LogP contribution in [-0.2, 0) is 11.3 Å². The molecule has 3 N–H and O–H groups in total. The van der Waals surface area contributed by atoms with Crippen molar-refractivity contribution in [3.8, 4) is 5.75 Å². The SMILES string of the molecule is CN=C(NCc1cccc(NC(=O)C2CCC2)c1)N1CCN(c2ccccc2O)CC1. The van der Waals surface area contributed by atoms with Gasteiger partial charge in [-0.1, -0.05) is 30.7 Å². The Bertz CT molecular complexity index is 933.